The summed E-state index contributed by atoms with van der Waals surface area (Å²) in [7, 11) is 0. The van der Waals surface area contributed by atoms with E-state index in [0.717, 1.165) is 30.6 Å². The maximum absolute atomic E-state index is 12.1. The van der Waals surface area contributed by atoms with Gasteiger partial charge in [0.05, 0.1) is 0 Å². The van der Waals surface area contributed by atoms with Gasteiger partial charge in [-0.1, -0.05) is 52.0 Å². The summed E-state index contributed by atoms with van der Waals surface area (Å²) in [6.07, 6.45) is 16.6. The first-order valence-corrected chi connectivity index (χ1v) is 13.7. The van der Waals surface area contributed by atoms with Crippen molar-refractivity contribution in [2.24, 2.45) is 35.0 Å². The second-order valence-electron chi connectivity index (χ2n) is 13.0. The van der Waals surface area contributed by atoms with Crippen molar-refractivity contribution in [3.63, 3.8) is 0 Å². The summed E-state index contributed by atoms with van der Waals surface area (Å²) in [5.41, 5.74) is 4.59. The van der Waals surface area contributed by atoms with Crippen LogP contribution in [-0.4, -0.2) is 11.6 Å². The molecule has 186 valence electrons. The molecule has 3 aliphatic rings. The number of hydrogen-bond donors (Lipinski definition) is 0. The van der Waals surface area contributed by atoms with E-state index in [4.69, 9.17) is 4.74 Å². The van der Waals surface area contributed by atoms with Crippen molar-refractivity contribution < 1.29 is 9.53 Å². The molecule has 0 saturated heterocycles. The number of fused-ring (bicyclic) bond motifs is 1. The molecule has 33 heavy (non-hydrogen) atoms. The standard InChI is InChI=1S/C31H50O2/c1-21-19-23(3)24(4)26(20-21)15-14-25-12-10-18-31(8)27(16-17-28(25)31)22(2)11-9-13-29(32)33-30(5,6)7/h14-15,21-23,27-28H,4,9-13,16-20H2,1-3,5-8H3/b25-14+,26-15-/t21-,22+,23-,27+,28-,31+/m0/s1. The molecule has 0 radical (unpaired) electrons. The molecule has 0 aliphatic heterocycles. The van der Waals surface area contributed by atoms with E-state index in [1.165, 1.54) is 56.1 Å². The molecule has 0 aromatic carbocycles. The van der Waals surface area contributed by atoms with Crippen molar-refractivity contribution in [1.29, 1.82) is 0 Å². The van der Waals surface area contributed by atoms with Crippen LogP contribution in [-0.2, 0) is 9.53 Å². The Morgan fingerprint density at radius 1 is 1.24 bits per heavy atom. The zero-order chi connectivity index (χ0) is 24.4. The van der Waals surface area contributed by atoms with Crippen LogP contribution in [0.15, 0.2) is 35.5 Å². The molecule has 0 aromatic rings. The number of esters is 1. The third-order valence-electron chi connectivity index (χ3n) is 9.02. The highest BCUT2D eigenvalue weighted by Gasteiger charge is 2.50. The van der Waals surface area contributed by atoms with Gasteiger partial charge in [-0.15, -0.1) is 0 Å². The molecule has 0 aromatic heterocycles. The van der Waals surface area contributed by atoms with Crippen LogP contribution in [0.1, 0.15) is 113 Å². The van der Waals surface area contributed by atoms with Gasteiger partial charge in [-0.05, 0) is 125 Å². The quantitative estimate of drug-likeness (QED) is 0.375. The summed E-state index contributed by atoms with van der Waals surface area (Å²) < 4.78 is 5.50. The Bertz CT molecular complexity index is 779. The molecule has 3 fully saturated rings. The van der Waals surface area contributed by atoms with Gasteiger partial charge >= 0.3 is 5.97 Å². The van der Waals surface area contributed by atoms with Gasteiger partial charge < -0.3 is 4.74 Å². The van der Waals surface area contributed by atoms with E-state index in [-0.39, 0.29) is 11.6 Å². The Morgan fingerprint density at radius 2 is 1.97 bits per heavy atom. The van der Waals surface area contributed by atoms with Gasteiger partial charge in [-0.25, -0.2) is 0 Å². The maximum atomic E-state index is 12.1. The third kappa shape index (κ3) is 6.43. The predicted molar refractivity (Wildman–Crippen MR) is 140 cm³/mol. The molecule has 0 amide bonds. The first-order valence-electron chi connectivity index (χ1n) is 13.7. The number of rotatable bonds is 6. The number of carbonyl (C=O) groups is 1. The lowest BCUT2D eigenvalue weighted by Gasteiger charge is -2.44. The van der Waals surface area contributed by atoms with Gasteiger partial charge in [0.15, 0.2) is 0 Å². The largest absolute Gasteiger partial charge is 0.460 e. The summed E-state index contributed by atoms with van der Waals surface area (Å²) in [6.45, 7) is 20.0. The van der Waals surface area contributed by atoms with Crippen LogP contribution < -0.4 is 0 Å². The first kappa shape index (κ1) is 26.3. The third-order valence-corrected chi connectivity index (χ3v) is 9.02. The molecule has 2 nitrogen and oxygen atoms in total. The van der Waals surface area contributed by atoms with E-state index >= 15 is 0 Å². The van der Waals surface area contributed by atoms with Gasteiger partial charge in [-0.2, -0.15) is 0 Å². The molecule has 3 saturated carbocycles. The average molecular weight is 455 g/mol. The van der Waals surface area contributed by atoms with Crippen LogP contribution in [0.25, 0.3) is 0 Å². The van der Waals surface area contributed by atoms with Crippen LogP contribution >= 0.6 is 0 Å². The van der Waals surface area contributed by atoms with E-state index in [2.05, 4.69) is 46.4 Å². The molecule has 6 atom stereocenters. The van der Waals surface area contributed by atoms with Crippen molar-refractivity contribution in [1.82, 2.24) is 0 Å². The molecule has 0 heterocycles. The summed E-state index contributed by atoms with van der Waals surface area (Å²) >= 11 is 0. The lowest BCUT2D eigenvalue weighted by Crippen LogP contribution is -2.36. The van der Waals surface area contributed by atoms with E-state index in [1.54, 1.807) is 5.57 Å². The van der Waals surface area contributed by atoms with E-state index < -0.39 is 0 Å². The smallest absolute Gasteiger partial charge is 0.306 e. The van der Waals surface area contributed by atoms with Crippen molar-refractivity contribution in [2.45, 2.75) is 118 Å². The predicted octanol–water partition coefficient (Wildman–Crippen LogP) is 8.83. The fourth-order valence-electron chi connectivity index (χ4n) is 7.41. The van der Waals surface area contributed by atoms with Crippen LogP contribution in [0.4, 0.5) is 0 Å². The highest BCUT2D eigenvalue weighted by molar-refractivity contribution is 5.69. The van der Waals surface area contributed by atoms with E-state index in [0.29, 0.717) is 23.7 Å². The number of carbonyl (C=O) groups excluding carboxylic acids is 1. The Balaban J connectivity index is 1.63. The second-order valence-corrected chi connectivity index (χ2v) is 13.0. The monoisotopic (exact) mass is 454 g/mol. The van der Waals surface area contributed by atoms with Crippen molar-refractivity contribution in [3.8, 4) is 0 Å². The second kappa shape index (κ2) is 10.5. The van der Waals surface area contributed by atoms with Crippen molar-refractivity contribution in [3.05, 3.63) is 35.5 Å². The van der Waals surface area contributed by atoms with Gasteiger partial charge in [0.25, 0.3) is 0 Å². The highest BCUT2D eigenvalue weighted by Crippen LogP contribution is 2.60. The van der Waals surface area contributed by atoms with E-state index in [1.807, 2.05) is 20.8 Å². The summed E-state index contributed by atoms with van der Waals surface area (Å²) in [5.74, 6) is 3.50. The molecular formula is C31H50O2. The fraction of sp³-hybridized carbons (Fsp3) is 0.774. The minimum atomic E-state index is -0.380. The van der Waals surface area contributed by atoms with Crippen molar-refractivity contribution >= 4 is 5.97 Å². The molecule has 0 spiro atoms. The summed E-state index contributed by atoms with van der Waals surface area (Å²) in [5, 5.41) is 0. The zero-order valence-corrected chi connectivity index (χ0v) is 22.6. The SMILES string of the molecule is C=C1/C(=C\C=C2/CCC[C@]3(C)[C@@H]([C@H](C)CCCC(=O)OC(C)(C)C)CC[C@@H]23)C[C@@H](C)C[C@@H]1C. The van der Waals surface area contributed by atoms with Crippen molar-refractivity contribution in [2.75, 3.05) is 0 Å². The summed E-state index contributed by atoms with van der Waals surface area (Å²) in [4.78, 5) is 12.1. The number of ether oxygens (including phenoxy) is 1. The lowest BCUT2D eigenvalue weighted by molar-refractivity contribution is -0.155. The number of hydrogen-bond acceptors (Lipinski definition) is 2. The van der Waals surface area contributed by atoms with Gasteiger partial charge in [-0.3, -0.25) is 4.79 Å². The molecular weight excluding hydrogens is 404 g/mol. The van der Waals surface area contributed by atoms with Gasteiger partial charge in [0.1, 0.15) is 5.60 Å². The Labute approximate surface area is 204 Å². The highest BCUT2D eigenvalue weighted by atomic mass is 16.6. The Kier molecular flexibility index (Phi) is 8.39. The maximum Gasteiger partial charge on any atom is 0.306 e. The Morgan fingerprint density at radius 3 is 2.67 bits per heavy atom. The lowest BCUT2D eigenvalue weighted by atomic mass is 9.60. The number of allylic oxidation sites excluding steroid dienone is 5. The molecule has 0 unspecified atom stereocenters. The minimum Gasteiger partial charge on any atom is -0.460 e. The van der Waals surface area contributed by atoms with Crippen LogP contribution in [0, 0.1) is 35.0 Å². The first-order chi connectivity index (χ1) is 15.4. The fourth-order valence-corrected chi connectivity index (χ4v) is 7.41. The topological polar surface area (TPSA) is 26.3 Å². The molecule has 0 bridgehead atoms. The molecule has 2 heteroatoms. The molecule has 0 N–H and O–H groups in total. The molecule has 3 aliphatic carbocycles. The van der Waals surface area contributed by atoms with Gasteiger partial charge in [0.2, 0.25) is 0 Å². The molecule has 3 rings (SSSR count). The normalized spacial score (nSPS) is 36.2. The van der Waals surface area contributed by atoms with Crippen LogP contribution in [0.3, 0.4) is 0 Å². The minimum absolute atomic E-state index is 0.0472. The summed E-state index contributed by atoms with van der Waals surface area (Å²) in [6, 6.07) is 0. The van der Waals surface area contributed by atoms with Gasteiger partial charge in [0, 0.05) is 6.42 Å². The Hall–Kier alpha value is -1.31. The van der Waals surface area contributed by atoms with Crippen LogP contribution in [0.2, 0.25) is 0 Å². The average Bonchev–Trinajstić information content (AvgIpc) is 3.05. The van der Waals surface area contributed by atoms with E-state index in [9.17, 15) is 4.79 Å². The van der Waals surface area contributed by atoms with Crippen LogP contribution in [0.5, 0.6) is 0 Å². The zero-order valence-electron chi connectivity index (χ0n) is 22.6.